The summed E-state index contributed by atoms with van der Waals surface area (Å²) in [5.74, 6) is 0.579. The number of nitrogens with one attached hydrogen (secondary N) is 1. The molecule has 0 radical (unpaired) electrons. The number of nitrogens with two attached hydrogens (primary N) is 1. The van der Waals surface area contributed by atoms with E-state index >= 15 is 0 Å². The first-order valence-corrected chi connectivity index (χ1v) is 10.1. The molecule has 29 heavy (non-hydrogen) atoms. The van der Waals surface area contributed by atoms with Crippen LogP contribution in [0.1, 0.15) is 28.2 Å². The van der Waals surface area contributed by atoms with Gasteiger partial charge in [0.15, 0.2) is 0 Å². The highest BCUT2D eigenvalue weighted by Gasteiger charge is 2.19. The predicted octanol–water partition coefficient (Wildman–Crippen LogP) is 5.05. The number of carbonyl (C=O) groups is 1. The van der Waals surface area contributed by atoms with Crippen LogP contribution >= 0.6 is 11.3 Å². The van der Waals surface area contributed by atoms with Gasteiger partial charge in [-0.1, -0.05) is 42.5 Å². The predicted molar refractivity (Wildman–Crippen MR) is 118 cm³/mol. The number of rotatable bonds is 5. The lowest BCUT2D eigenvalue weighted by molar-refractivity contribution is 0.0945. The molecule has 3 N–H and O–H groups in total. The zero-order valence-corrected chi connectivity index (χ0v) is 17.0. The molecule has 0 bridgehead atoms. The van der Waals surface area contributed by atoms with Gasteiger partial charge in [0, 0.05) is 10.9 Å². The van der Waals surface area contributed by atoms with Gasteiger partial charge in [-0.2, -0.15) is 0 Å². The Morgan fingerprint density at radius 2 is 1.90 bits per heavy atom. The van der Waals surface area contributed by atoms with E-state index in [4.69, 9.17) is 15.5 Å². The molecule has 2 heterocycles. The quantitative estimate of drug-likeness (QED) is 0.489. The van der Waals surface area contributed by atoms with Crippen molar-refractivity contribution in [2.75, 3.05) is 12.8 Å². The zero-order valence-electron chi connectivity index (χ0n) is 16.2. The molecule has 1 atom stereocenters. The van der Waals surface area contributed by atoms with E-state index in [1.54, 1.807) is 7.11 Å². The fourth-order valence-corrected chi connectivity index (χ4v) is 4.19. The molecule has 0 fully saturated rings. The Hall–Kier alpha value is -3.38. The lowest BCUT2D eigenvalue weighted by Gasteiger charge is -2.13. The number of anilines is 1. The molecule has 4 aromatic rings. The van der Waals surface area contributed by atoms with Crippen molar-refractivity contribution < 1.29 is 9.53 Å². The van der Waals surface area contributed by atoms with Crippen LogP contribution in [0.3, 0.4) is 0 Å². The average Bonchev–Trinajstić information content (AvgIpc) is 3.10. The number of pyridine rings is 1. The highest BCUT2D eigenvalue weighted by molar-refractivity contribution is 7.21. The van der Waals surface area contributed by atoms with Gasteiger partial charge in [0.2, 0.25) is 0 Å². The van der Waals surface area contributed by atoms with Gasteiger partial charge in [0.25, 0.3) is 5.91 Å². The largest absolute Gasteiger partial charge is 0.497 e. The Kier molecular flexibility index (Phi) is 5.18. The summed E-state index contributed by atoms with van der Waals surface area (Å²) in [6.45, 7) is 1.95. The fourth-order valence-electron chi connectivity index (χ4n) is 3.20. The molecular formula is C23H21N3O2S. The Bertz CT molecular complexity index is 1170. The first kappa shape index (κ1) is 19.0. The van der Waals surface area contributed by atoms with Crippen LogP contribution in [0, 0.1) is 0 Å². The topological polar surface area (TPSA) is 77.2 Å². The van der Waals surface area contributed by atoms with Gasteiger partial charge in [-0.15, -0.1) is 11.3 Å². The zero-order chi connectivity index (χ0) is 20.4. The molecular weight excluding hydrogens is 382 g/mol. The number of hydrogen-bond acceptors (Lipinski definition) is 5. The lowest BCUT2D eigenvalue weighted by atomic mass is 10.1. The van der Waals surface area contributed by atoms with E-state index in [2.05, 4.69) is 5.32 Å². The maximum absolute atomic E-state index is 12.8. The average molecular weight is 404 g/mol. The summed E-state index contributed by atoms with van der Waals surface area (Å²) in [6, 6.07) is 21.3. The van der Waals surface area contributed by atoms with E-state index < -0.39 is 0 Å². The van der Waals surface area contributed by atoms with Gasteiger partial charge in [-0.05, 0) is 36.8 Å². The number of amides is 1. The van der Waals surface area contributed by atoms with Crippen molar-refractivity contribution in [3.8, 4) is 17.0 Å². The molecule has 146 valence electrons. The maximum Gasteiger partial charge on any atom is 0.264 e. The summed E-state index contributed by atoms with van der Waals surface area (Å²) in [6.07, 6.45) is 0. The minimum atomic E-state index is -0.190. The molecule has 0 saturated carbocycles. The Morgan fingerprint density at radius 3 is 2.66 bits per heavy atom. The third-order valence-electron chi connectivity index (χ3n) is 4.81. The molecule has 2 aromatic heterocycles. The number of benzene rings is 2. The Labute approximate surface area is 173 Å². The van der Waals surface area contributed by atoms with Crippen LogP contribution in [0.2, 0.25) is 0 Å². The monoisotopic (exact) mass is 403 g/mol. The number of methoxy groups -OCH3 is 1. The number of aromatic nitrogens is 1. The van der Waals surface area contributed by atoms with Crippen molar-refractivity contribution in [2.24, 2.45) is 0 Å². The third kappa shape index (κ3) is 3.79. The van der Waals surface area contributed by atoms with Crippen LogP contribution in [-0.2, 0) is 0 Å². The van der Waals surface area contributed by atoms with Gasteiger partial charge in [-0.25, -0.2) is 4.98 Å². The molecule has 0 saturated heterocycles. The number of nitrogen functional groups attached to an aromatic ring is 1. The second-order valence-corrected chi connectivity index (χ2v) is 7.73. The number of nitrogens with zero attached hydrogens (tertiary/aromatic N) is 1. The Balaban J connectivity index is 1.64. The number of hydrogen-bond donors (Lipinski definition) is 2. The van der Waals surface area contributed by atoms with Crippen LogP contribution in [0.25, 0.3) is 21.5 Å². The molecule has 1 amide bonds. The van der Waals surface area contributed by atoms with Crippen LogP contribution < -0.4 is 15.8 Å². The second-order valence-electron chi connectivity index (χ2n) is 6.73. The van der Waals surface area contributed by atoms with Crippen molar-refractivity contribution in [3.63, 3.8) is 0 Å². The molecule has 6 heteroatoms. The highest BCUT2D eigenvalue weighted by Crippen LogP contribution is 2.35. The number of ether oxygens (including phenoxy) is 1. The van der Waals surface area contributed by atoms with Gasteiger partial charge in [0.05, 0.1) is 24.5 Å². The van der Waals surface area contributed by atoms with Gasteiger partial charge < -0.3 is 15.8 Å². The summed E-state index contributed by atoms with van der Waals surface area (Å²) in [7, 11) is 1.64. The smallest absolute Gasteiger partial charge is 0.264 e. The van der Waals surface area contributed by atoms with Crippen molar-refractivity contribution in [3.05, 3.63) is 77.2 Å². The maximum atomic E-state index is 12.8. The van der Waals surface area contributed by atoms with Crippen molar-refractivity contribution in [2.45, 2.75) is 13.0 Å². The molecule has 0 spiro atoms. The van der Waals surface area contributed by atoms with Crippen LogP contribution in [0.4, 0.5) is 5.69 Å². The fraction of sp³-hybridized carbons (Fsp3) is 0.130. The van der Waals surface area contributed by atoms with Crippen LogP contribution in [0.15, 0.2) is 66.7 Å². The SMILES string of the molecule is COc1cccc(-c2ccc3c(N)c(C(=O)N[C@H](C)c4ccccc4)sc3n2)c1. The van der Waals surface area contributed by atoms with Crippen LogP contribution in [0.5, 0.6) is 5.75 Å². The van der Waals surface area contributed by atoms with E-state index in [1.165, 1.54) is 11.3 Å². The summed E-state index contributed by atoms with van der Waals surface area (Å²) >= 11 is 1.31. The standard InChI is InChI=1S/C23H21N3O2S/c1-14(15-7-4-3-5-8-15)25-22(27)21-20(24)18-11-12-19(26-23(18)29-21)16-9-6-10-17(13-16)28-2/h3-14H,24H2,1-2H3,(H,25,27)/t14-/m1/s1. The molecule has 5 nitrogen and oxygen atoms in total. The van der Waals surface area contributed by atoms with Crippen LogP contribution in [-0.4, -0.2) is 18.0 Å². The van der Waals surface area contributed by atoms with Crippen molar-refractivity contribution in [1.29, 1.82) is 0 Å². The van der Waals surface area contributed by atoms with E-state index in [0.29, 0.717) is 10.6 Å². The summed E-state index contributed by atoms with van der Waals surface area (Å²) in [5, 5.41) is 3.81. The van der Waals surface area contributed by atoms with Gasteiger partial charge in [0.1, 0.15) is 15.5 Å². The minimum absolute atomic E-state index is 0.117. The van der Waals surface area contributed by atoms with E-state index in [9.17, 15) is 4.79 Å². The second kappa shape index (κ2) is 7.93. The first-order valence-electron chi connectivity index (χ1n) is 9.26. The molecule has 0 unspecified atom stereocenters. The number of fused-ring (bicyclic) bond motifs is 1. The lowest BCUT2D eigenvalue weighted by Crippen LogP contribution is -2.26. The minimum Gasteiger partial charge on any atom is -0.497 e. The van der Waals surface area contributed by atoms with E-state index in [-0.39, 0.29) is 11.9 Å². The van der Waals surface area contributed by atoms with Crippen molar-refractivity contribution in [1.82, 2.24) is 10.3 Å². The third-order valence-corrected chi connectivity index (χ3v) is 5.93. The van der Waals surface area contributed by atoms with E-state index in [1.807, 2.05) is 73.7 Å². The summed E-state index contributed by atoms with van der Waals surface area (Å²) < 4.78 is 5.29. The van der Waals surface area contributed by atoms with Crippen molar-refractivity contribution >= 4 is 33.1 Å². The number of thiophene rings is 1. The molecule has 2 aromatic carbocycles. The molecule has 4 rings (SSSR count). The van der Waals surface area contributed by atoms with E-state index in [0.717, 1.165) is 32.8 Å². The molecule has 0 aliphatic rings. The Morgan fingerprint density at radius 1 is 1.10 bits per heavy atom. The normalized spacial score (nSPS) is 11.9. The first-order chi connectivity index (χ1) is 14.1. The summed E-state index contributed by atoms with van der Waals surface area (Å²) in [5.41, 5.74) is 9.54. The summed E-state index contributed by atoms with van der Waals surface area (Å²) in [4.78, 5) is 18.8. The van der Waals surface area contributed by atoms with Gasteiger partial charge >= 0.3 is 0 Å². The highest BCUT2D eigenvalue weighted by atomic mass is 32.1. The molecule has 0 aliphatic heterocycles. The number of carbonyl (C=O) groups excluding carboxylic acids is 1. The van der Waals surface area contributed by atoms with Gasteiger partial charge in [-0.3, -0.25) is 4.79 Å². The molecule has 0 aliphatic carbocycles.